The van der Waals surface area contributed by atoms with Gasteiger partial charge in [-0.15, -0.1) is 0 Å². The van der Waals surface area contributed by atoms with Crippen LogP contribution in [0.4, 0.5) is 11.8 Å². The van der Waals surface area contributed by atoms with E-state index in [4.69, 9.17) is 10.5 Å². The van der Waals surface area contributed by atoms with Crippen LogP contribution in [0, 0.1) is 0 Å². The molecule has 0 aliphatic carbocycles. The minimum atomic E-state index is 0.276. The molecule has 1 aliphatic heterocycles. The summed E-state index contributed by atoms with van der Waals surface area (Å²) >= 11 is 0. The fourth-order valence-corrected chi connectivity index (χ4v) is 2.00. The highest BCUT2D eigenvalue weighted by Crippen LogP contribution is 2.21. The maximum absolute atomic E-state index is 5.65. The van der Waals surface area contributed by atoms with Crippen LogP contribution in [0.15, 0.2) is 6.07 Å². The van der Waals surface area contributed by atoms with Crippen molar-refractivity contribution in [1.29, 1.82) is 0 Å². The van der Waals surface area contributed by atoms with Crippen molar-refractivity contribution in [3.63, 3.8) is 0 Å². The van der Waals surface area contributed by atoms with Gasteiger partial charge in [-0.2, -0.15) is 9.97 Å². The van der Waals surface area contributed by atoms with Crippen molar-refractivity contribution in [3.05, 3.63) is 6.07 Å². The molecule has 0 spiro atoms. The van der Waals surface area contributed by atoms with Crippen LogP contribution in [0.5, 0.6) is 5.88 Å². The molecule has 5 heteroatoms. The fraction of sp³-hybridized carbons (Fsp3) is 0.636. The van der Waals surface area contributed by atoms with E-state index < -0.39 is 0 Å². The highest BCUT2D eigenvalue weighted by atomic mass is 16.5. The summed E-state index contributed by atoms with van der Waals surface area (Å²) in [4.78, 5) is 10.5. The standard InChI is InChI=1S/C11H18N4O/c1-16-10-8-9(13-11(12)14-10)15-6-4-2-3-5-7-15/h8H,2-7H2,1H3,(H2,12,13,14). The van der Waals surface area contributed by atoms with Crippen LogP contribution in [0.25, 0.3) is 0 Å². The second-order valence-electron chi connectivity index (χ2n) is 4.03. The molecule has 0 amide bonds. The Morgan fingerprint density at radius 2 is 1.88 bits per heavy atom. The quantitative estimate of drug-likeness (QED) is 0.820. The van der Waals surface area contributed by atoms with Crippen LogP contribution < -0.4 is 15.4 Å². The molecule has 1 saturated heterocycles. The van der Waals surface area contributed by atoms with Crippen LogP contribution in [-0.4, -0.2) is 30.2 Å². The summed E-state index contributed by atoms with van der Waals surface area (Å²) in [5, 5.41) is 0. The van der Waals surface area contributed by atoms with Gasteiger partial charge in [0.2, 0.25) is 11.8 Å². The Labute approximate surface area is 95.6 Å². The van der Waals surface area contributed by atoms with E-state index in [-0.39, 0.29) is 5.95 Å². The molecule has 16 heavy (non-hydrogen) atoms. The lowest BCUT2D eigenvalue weighted by Crippen LogP contribution is -2.25. The van der Waals surface area contributed by atoms with Gasteiger partial charge in [-0.25, -0.2) is 0 Å². The molecule has 1 aliphatic rings. The van der Waals surface area contributed by atoms with Gasteiger partial charge < -0.3 is 15.4 Å². The first-order valence-corrected chi connectivity index (χ1v) is 5.73. The van der Waals surface area contributed by atoms with Crippen molar-refractivity contribution >= 4 is 11.8 Å². The van der Waals surface area contributed by atoms with Crippen LogP contribution in [0.2, 0.25) is 0 Å². The van der Waals surface area contributed by atoms with Gasteiger partial charge in [-0.1, -0.05) is 12.8 Å². The second-order valence-corrected chi connectivity index (χ2v) is 4.03. The SMILES string of the molecule is COc1cc(N2CCCCCC2)nc(N)n1. The minimum absolute atomic E-state index is 0.276. The molecule has 0 bridgehead atoms. The average Bonchev–Trinajstić information content (AvgIpc) is 2.56. The monoisotopic (exact) mass is 222 g/mol. The molecule has 0 saturated carbocycles. The molecule has 0 unspecified atom stereocenters. The van der Waals surface area contributed by atoms with E-state index in [1.165, 1.54) is 25.7 Å². The molecule has 1 aromatic heterocycles. The van der Waals surface area contributed by atoms with Crippen molar-refractivity contribution in [2.75, 3.05) is 30.8 Å². The molecular formula is C11H18N4O. The number of nitrogens with two attached hydrogens (primary N) is 1. The summed E-state index contributed by atoms with van der Waals surface area (Å²) in [6.45, 7) is 2.08. The molecule has 0 atom stereocenters. The maximum Gasteiger partial charge on any atom is 0.225 e. The number of methoxy groups -OCH3 is 1. The first-order chi connectivity index (χ1) is 7.79. The molecule has 0 aromatic carbocycles. The molecule has 2 N–H and O–H groups in total. The summed E-state index contributed by atoms with van der Waals surface area (Å²) in [5.41, 5.74) is 5.65. The topological polar surface area (TPSA) is 64.3 Å². The zero-order valence-corrected chi connectivity index (χ0v) is 9.65. The fourth-order valence-electron chi connectivity index (χ4n) is 2.00. The third-order valence-corrected chi connectivity index (χ3v) is 2.85. The summed E-state index contributed by atoms with van der Waals surface area (Å²) in [6, 6.07) is 1.85. The number of anilines is 2. The van der Waals surface area contributed by atoms with Crippen LogP contribution in [0.3, 0.4) is 0 Å². The molecule has 1 aromatic rings. The summed E-state index contributed by atoms with van der Waals surface area (Å²) in [6.07, 6.45) is 5.03. The first-order valence-electron chi connectivity index (χ1n) is 5.73. The highest BCUT2D eigenvalue weighted by Gasteiger charge is 2.13. The molecule has 2 rings (SSSR count). The van der Waals surface area contributed by atoms with E-state index in [9.17, 15) is 0 Å². The molecule has 0 radical (unpaired) electrons. The Morgan fingerprint density at radius 3 is 2.50 bits per heavy atom. The smallest absolute Gasteiger partial charge is 0.225 e. The van der Waals surface area contributed by atoms with Crippen molar-refractivity contribution in [2.45, 2.75) is 25.7 Å². The van der Waals surface area contributed by atoms with Crippen LogP contribution in [0.1, 0.15) is 25.7 Å². The number of hydrogen-bond acceptors (Lipinski definition) is 5. The Morgan fingerprint density at radius 1 is 1.19 bits per heavy atom. The third-order valence-electron chi connectivity index (χ3n) is 2.85. The summed E-state index contributed by atoms with van der Waals surface area (Å²) in [7, 11) is 1.59. The zero-order valence-electron chi connectivity index (χ0n) is 9.65. The normalized spacial score (nSPS) is 16.9. The lowest BCUT2D eigenvalue weighted by Gasteiger charge is -2.21. The second kappa shape index (κ2) is 5.01. The van der Waals surface area contributed by atoms with Crippen molar-refractivity contribution in [3.8, 4) is 5.88 Å². The Balaban J connectivity index is 2.20. The van der Waals surface area contributed by atoms with Crippen LogP contribution >= 0.6 is 0 Å². The van der Waals surface area contributed by atoms with Gasteiger partial charge in [0.15, 0.2) is 0 Å². The number of hydrogen-bond donors (Lipinski definition) is 1. The van der Waals surface area contributed by atoms with Gasteiger partial charge in [0.25, 0.3) is 0 Å². The van der Waals surface area contributed by atoms with E-state index in [1.807, 2.05) is 6.07 Å². The lowest BCUT2D eigenvalue weighted by molar-refractivity contribution is 0.397. The van der Waals surface area contributed by atoms with E-state index in [1.54, 1.807) is 7.11 Å². The lowest BCUT2D eigenvalue weighted by atomic mass is 10.2. The van der Waals surface area contributed by atoms with Crippen molar-refractivity contribution in [2.24, 2.45) is 0 Å². The Bertz CT molecular complexity index is 348. The van der Waals surface area contributed by atoms with Gasteiger partial charge in [0.05, 0.1) is 7.11 Å². The zero-order chi connectivity index (χ0) is 11.4. The Kier molecular flexibility index (Phi) is 3.44. The number of aromatic nitrogens is 2. The van der Waals surface area contributed by atoms with E-state index in [2.05, 4.69) is 14.9 Å². The van der Waals surface area contributed by atoms with Crippen molar-refractivity contribution < 1.29 is 4.74 Å². The van der Waals surface area contributed by atoms with E-state index in [0.717, 1.165) is 18.9 Å². The van der Waals surface area contributed by atoms with Gasteiger partial charge >= 0.3 is 0 Å². The van der Waals surface area contributed by atoms with E-state index in [0.29, 0.717) is 5.88 Å². The number of ether oxygens (including phenoxy) is 1. The number of nitrogen functional groups attached to an aromatic ring is 1. The van der Waals surface area contributed by atoms with Gasteiger partial charge in [0, 0.05) is 19.2 Å². The maximum atomic E-state index is 5.65. The number of nitrogens with zero attached hydrogens (tertiary/aromatic N) is 3. The predicted molar refractivity (Wildman–Crippen MR) is 63.7 cm³/mol. The molecular weight excluding hydrogens is 204 g/mol. The molecule has 5 nitrogen and oxygen atoms in total. The summed E-state index contributed by atoms with van der Waals surface area (Å²) in [5.74, 6) is 1.69. The molecule has 1 fully saturated rings. The predicted octanol–water partition coefficient (Wildman–Crippen LogP) is 1.45. The van der Waals surface area contributed by atoms with Crippen molar-refractivity contribution in [1.82, 2.24) is 9.97 Å². The average molecular weight is 222 g/mol. The first kappa shape index (κ1) is 11.0. The van der Waals surface area contributed by atoms with Gasteiger partial charge in [-0.3, -0.25) is 0 Å². The molecule has 2 heterocycles. The van der Waals surface area contributed by atoms with Crippen LogP contribution in [-0.2, 0) is 0 Å². The Hall–Kier alpha value is -1.52. The van der Waals surface area contributed by atoms with Gasteiger partial charge in [-0.05, 0) is 12.8 Å². The number of rotatable bonds is 2. The summed E-state index contributed by atoms with van der Waals surface area (Å²) < 4.78 is 5.10. The largest absolute Gasteiger partial charge is 0.481 e. The third kappa shape index (κ3) is 2.53. The van der Waals surface area contributed by atoms with Gasteiger partial charge in [0.1, 0.15) is 5.82 Å². The van der Waals surface area contributed by atoms with E-state index >= 15 is 0 Å². The molecule has 88 valence electrons. The minimum Gasteiger partial charge on any atom is -0.481 e. The highest BCUT2D eigenvalue weighted by molar-refractivity contribution is 5.45.